The average molecular weight is 393 g/mol. The van der Waals surface area contributed by atoms with Gasteiger partial charge in [0.2, 0.25) is 0 Å². The maximum atomic E-state index is 6.02. The molecule has 0 unspecified atom stereocenters. The maximum absolute atomic E-state index is 6.02. The van der Waals surface area contributed by atoms with Gasteiger partial charge >= 0.3 is 0 Å². The number of thioether (sulfide) groups is 1. The summed E-state index contributed by atoms with van der Waals surface area (Å²) in [5, 5.41) is 1.04. The first-order chi connectivity index (χ1) is 13.2. The number of hydrogen-bond acceptors (Lipinski definition) is 3. The molecule has 0 amide bonds. The summed E-state index contributed by atoms with van der Waals surface area (Å²) in [6, 6.07) is 11.1. The Balaban J connectivity index is 1.88. The number of hydrogen-bond donors (Lipinski definition) is 1. The Bertz CT molecular complexity index is 938. The minimum atomic E-state index is 0.239. The molecule has 28 heavy (non-hydrogen) atoms. The molecule has 0 radical (unpaired) electrons. The number of allylic oxidation sites excluding steroid dienone is 1. The fourth-order valence-corrected chi connectivity index (χ4v) is 4.72. The summed E-state index contributed by atoms with van der Waals surface area (Å²) in [5.41, 5.74) is 15.7. The number of benzene rings is 2. The van der Waals surface area contributed by atoms with Gasteiger partial charge in [-0.3, -0.25) is 0 Å². The van der Waals surface area contributed by atoms with Crippen LogP contribution in [-0.2, 0) is 18.3 Å². The summed E-state index contributed by atoms with van der Waals surface area (Å²) in [6.07, 6.45) is 6.55. The lowest BCUT2D eigenvalue weighted by molar-refractivity contribution is 0.432. The van der Waals surface area contributed by atoms with E-state index >= 15 is 0 Å². The van der Waals surface area contributed by atoms with Crippen molar-refractivity contribution < 1.29 is 0 Å². The molecule has 3 rings (SSSR count). The zero-order chi connectivity index (χ0) is 20.5. The third kappa shape index (κ3) is 4.35. The van der Waals surface area contributed by atoms with E-state index in [2.05, 4.69) is 57.9 Å². The van der Waals surface area contributed by atoms with Crippen LogP contribution in [0.25, 0.3) is 0 Å². The molecule has 0 spiro atoms. The Morgan fingerprint density at radius 2 is 1.93 bits per heavy atom. The van der Waals surface area contributed by atoms with Crippen molar-refractivity contribution in [3.05, 3.63) is 76.0 Å². The Hall–Kier alpha value is -2.00. The van der Waals surface area contributed by atoms with Crippen LogP contribution in [-0.4, -0.2) is 11.3 Å². The minimum absolute atomic E-state index is 0.239. The summed E-state index contributed by atoms with van der Waals surface area (Å²) in [5.74, 6) is 0. The number of nitrogens with two attached hydrogens (primary N) is 1. The number of rotatable bonds is 4. The van der Waals surface area contributed by atoms with Crippen LogP contribution in [0, 0.1) is 13.8 Å². The van der Waals surface area contributed by atoms with E-state index in [-0.39, 0.29) is 5.41 Å². The lowest BCUT2D eigenvalue weighted by Crippen LogP contribution is -2.24. The summed E-state index contributed by atoms with van der Waals surface area (Å²) >= 11 is 1.69. The normalized spacial score (nSPS) is 16.0. The molecular formula is C25H32N2S. The standard InChI is InChI=1S/C25H32N2S/c1-16-13-23(26)17(2)12-21(16)14-18(3)27-24(28-6)20-10-9-19-8-7-11-25(4,5)22(19)15-20/h9-10,12-13,15H,3,7-8,11,14,26H2,1-2,4-6H3. The van der Waals surface area contributed by atoms with Gasteiger partial charge < -0.3 is 5.73 Å². The molecule has 148 valence electrons. The molecule has 2 N–H and O–H groups in total. The highest BCUT2D eigenvalue weighted by molar-refractivity contribution is 8.13. The molecule has 1 aliphatic carbocycles. The summed E-state index contributed by atoms with van der Waals surface area (Å²) < 4.78 is 0. The topological polar surface area (TPSA) is 38.4 Å². The molecule has 2 aromatic carbocycles. The van der Waals surface area contributed by atoms with Gasteiger partial charge in [-0.15, -0.1) is 11.8 Å². The van der Waals surface area contributed by atoms with Gasteiger partial charge in [0.25, 0.3) is 0 Å². The lowest BCUT2D eigenvalue weighted by Gasteiger charge is -2.33. The van der Waals surface area contributed by atoms with Gasteiger partial charge in [-0.05, 0) is 84.7 Å². The Kier molecular flexibility index (Phi) is 6.04. The average Bonchev–Trinajstić information content (AvgIpc) is 2.64. The fourth-order valence-electron chi connectivity index (χ4n) is 4.13. The number of nitrogens with zero attached hydrogens (tertiary/aromatic N) is 1. The van der Waals surface area contributed by atoms with Crippen molar-refractivity contribution in [1.29, 1.82) is 0 Å². The molecule has 0 saturated heterocycles. The summed E-state index contributed by atoms with van der Waals surface area (Å²) in [7, 11) is 0. The van der Waals surface area contributed by atoms with Gasteiger partial charge in [-0.1, -0.05) is 38.6 Å². The molecule has 0 fully saturated rings. The van der Waals surface area contributed by atoms with Crippen molar-refractivity contribution in [2.45, 2.75) is 58.8 Å². The monoisotopic (exact) mass is 392 g/mol. The summed E-state index contributed by atoms with van der Waals surface area (Å²) in [6.45, 7) is 13.1. The summed E-state index contributed by atoms with van der Waals surface area (Å²) in [4.78, 5) is 4.90. The largest absolute Gasteiger partial charge is 0.399 e. The molecule has 0 atom stereocenters. The van der Waals surface area contributed by atoms with E-state index in [0.717, 1.165) is 28.4 Å². The van der Waals surface area contributed by atoms with Crippen LogP contribution in [0.4, 0.5) is 5.69 Å². The third-order valence-corrected chi connectivity index (χ3v) is 6.62. The van der Waals surface area contributed by atoms with Crippen LogP contribution >= 0.6 is 11.8 Å². The smallest absolute Gasteiger partial charge is 0.103 e. The second-order valence-corrected chi connectivity index (χ2v) is 9.40. The highest BCUT2D eigenvalue weighted by atomic mass is 32.2. The van der Waals surface area contributed by atoms with Crippen molar-refractivity contribution in [3.63, 3.8) is 0 Å². The first-order valence-electron chi connectivity index (χ1n) is 10.0. The molecule has 0 aliphatic heterocycles. The zero-order valence-corrected chi connectivity index (χ0v) is 18.7. The SMILES string of the molecule is C=C(Cc1cc(C)c(N)cc1C)N=C(SC)c1ccc2c(c1)C(C)(C)CCC2. The highest BCUT2D eigenvalue weighted by Crippen LogP contribution is 2.37. The number of aryl methyl sites for hydroxylation is 3. The van der Waals surface area contributed by atoms with E-state index in [0.29, 0.717) is 0 Å². The van der Waals surface area contributed by atoms with E-state index < -0.39 is 0 Å². The van der Waals surface area contributed by atoms with Crippen LogP contribution in [0.1, 0.15) is 60.1 Å². The highest BCUT2D eigenvalue weighted by Gasteiger charge is 2.27. The predicted octanol–water partition coefficient (Wildman–Crippen LogP) is 6.37. The molecule has 0 heterocycles. The van der Waals surface area contributed by atoms with Crippen molar-refractivity contribution in [2.75, 3.05) is 12.0 Å². The molecule has 2 aromatic rings. The van der Waals surface area contributed by atoms with E-state index in [1.807, 2.05) is 13.0 Å². The first kappa shape index (κ1) is 20.7. The second-order valence-electron chi connectivity index (χ2n) is 8.61. The molecular weight excluding hydrogens is 360 g/mol. The zero-order valence-electron chi connectivity index (χ0n) is 17.9. The molecule has 1 aliphatic rings. The molecule has 3 heteroatoms. The Labute approximate surface area is 174 Å². The van der Waals surface area contributed by atoms with Crippen molar-refractivity contribution in [2.24, 2.45) is 4.99 Å². The van der Waals surface area contributed by atoms with Crippen LogP contribution in [0.15, 0.2) is 47.6 Å². The number of aliphatic imine (C=N–C) groups is 1. The van der Waals surface area contributed by atoms with E-state index in [4.69, 9.17) is 10.7 Å². The van der Waals surface area contributed by atoms with Crippen LogP contribution in [0.5, 0.6) is 0 Å². The van der Waals surface area contributed by atoms with Crippen LogP contribution in [0.2, 0.25) is 0 Å². The number of nitrogen functional groups attached to an aromatic ring is 1. The third-order valence-electron chi connectivity index (χ3n) is 5.91. The Morgan fingerprint density at radius 3 is 2.64 bits per heavy atom. The molecule has 0 aromatic heterocycles. The van der Waals surface area contributed by atoms with E-state index in [9.17, 15) is 0 Å². The van der Waals surface area contributed by atoms with E-state index in [1.54, 1.807) is 11.8 Å². The second kappa shape index (κ2) is 8.16. The van der Waals surface area contributed by atoms with Gasteiger partial charge in [0.05, 0.1) is 0 Å². The van der Waals surface area contributed by atoms with E-state index in [1.165, 1.54) is 47.1 Å². The first-order valence-corrected chi connectivity index (χ1v) is 11.2. The minimum Gasteiger partial charge on any atom is -0.399 e. The molecule has 0 bridgehead atoms. The van der Waals surface area contributed by atoms with Crippen molar-refractivity contribution in [1.82, 2.24) is 0 Å². The number of fused-ring (bicyclic) bond motifs is 1. The van der Waals surface area contributed by atoms with Gasteiger partial charge in [0.1, 0.15) is 5.04 Å². The van der Waals surface area contributed by atoms with Gasteiger partial charge in [-0.25, -0.2) is 4.99 Å². The van der Waals surface area contributed by atoms with Crippen molar-refractivity contribution in [3.8, 4) is 0 Å². The van der Waals surface area contributed by atoms with Crippen LogP contribution in [0.3, 0.4) is 0 Å². The molecule has 0 saturated carbocycles. The van der Waals surface area contributed by atoms with Crippen molar-refractivity contribution >= 4 is 22.5 Å². The fraction of sp³-hybridized carbons (Fsp3) is 0.400. The van der Waals surface area contributed by atoms with Gasteiger partial charge in [0.15, 0.2) is 0 Å². The van der Waals surface area contributed by atoms with Gasteiger partial charge in [0, 0.05) is 23.4 Å². The van der Waals surface area contributed by atoms with Gasteiger partial charge in [-0.2, -0.15) is 0 Å². The molecule has 2 nitrogen and oxygen atoms in total. The quantitative estimate of drug-likeness (QED) is 0.373. The lowest BCUT2D eigenvalue weighted by atomic mass is 9.72. The predicted molar refractivity (Wildman–Crippen MR) is 126 cm³/mol. The van der Waals surface area contributed by atoms with Crippen LogP contribution < -0.4 is 5.73 Å². The number of anilines is 1. The Morgan fingerprint density at radius 1 is 1.18 bits per heavy atom. The maximum Gasteiger partial charge on any atom is 0.103 e.